The third-order valence-electron chi connectivity index (χ3n) is 6.54. The molecule has 2 N–H and O–H groups in total. The summed E-state index contributed by atoms with van der Waals surface area (Å²) >= 11 is 0. The Balaban J connectivity index is 1.31. The number of nitrogens with zero attached hydrogens (tertiary/aromatic N) is 3. The number of anilines is 3. The second-order valence-electron chi connectivity index (χ2n) is 10.5. The Labute approximate surface area is 223 Å². The molecule has 0 bridgehead atoms. The number of ether oxygens (including phenoxy) is 2. The molecule has 1 unspecified atom stereocenters. The van der Waals surface area contributed by atoms with Gasteiger partial charge in [0.2, 0.25) is 5.95 Å². The topological polar surface area (TPSA) is 88.6 Å². The second kappa shape index (κ2) is 12.2. The van der Waals surface area contributed by atoms with Crippen LogP contribution in [0.2, 0.25) is 0 Å². The van der Waals surface area contributed by atoms with Crippen molar-refractivity contribution in [2.75, 3.05) is 50.2 Å². The normalized spacial score (nSPS) is 15.4. The SMILES string of the molecule is COCCOc1ccc(Nc2ncc(F)c(N3CCC(CNC(=O)c4ccc(C(C)(C)C)cc4)C3)n2)cc1. The van der Waals surface area contributed by atoms with Crippen molar-refractivity contribution in [3.05, 3.63) is 71.7 Å². The average molecular weight is 522 g/mol. The zero-order valence-corrected chi connectivity index (χ0v) is 22.5. The highest BCUT2D eigenvalue weighted by molar-refractivity contribution is 5.94. The summed E-state index contributed by atoms with van der Waals surface area (Å²) in [5.74, 6) is 0.924. The lowest BCUT2D eigenvalue weighted by molar-refractivity contribution is 0.0948. The van der Waals surface area contributed by atoms with Gasteiger partial charge in [-0.05, 0) is 59.7 Å². The number of rotatable bonds is 10. The summed E-state index contributed by atoms with van der Waals surface area (Å²) in [7, 11) is 1.63. The van der Waals surface area contributed by atoms with Crippen LogP contribution in [0.5, 0.6) is 5.75 Å². The van der Waals surface area contributed by atoms with Crippen LogP contribution in [-0.4, -0.2) is 55.8 Å². The molecule has 8 nitrogen and oxygen atoms in total. The number of hydrogen-bond acceptors (Lipinski definition) is 7. The summed E-state index contributed by atoms with van der Waals surface area (Å²) in [5.41, 5.74) is 2.63. The van der Waals surface area contributed by atoms with Gasteiger partial charge in [0, 0.05) is 38.0 Å². The Kier molecular flexibility index (Phi) is 8.78. The summed E-state index contributed by atoms with van der Waals surface area (Å²) in [6, 6.07) is 15.1. The van der Waals surface area contributed by atoms with Gasteiger partial charge in [0.15, 0.2) is 11.6 Å². The van der Waals surface area contributed by atoms with E-state index >= 15 is 0 Å². The van der Waals surface area contributed by atoms with Crippen molar-refractivity contribution < 1.29 is 18.7 Å². The average Bonchev–Trinajstić information content (AvgIpc) is 3.38. The molecule has 4 rings (SSSR count). The van der Waals surface area contributed by atoms with Crippen LogP contribution in [0.1, 0.15) is 43.1 Å². The van der Waals surface area contributed by atoms with Crippen molar-refractivity contribution in [2.24, 2.45) is 5.92 Å². The van der Waals surface area contributed by atoms with E-state index in [-0.39, 0.29) is 23.1 Å². The fraction of sp³-hybridized carbons (Fsp3) is 0.414. The van der Waals surface area contributed by atoms with Crippen LogP contribution in [0.4, 0.5) is 21.8 Å². The number of benzene rings is 2. The minimum Gasteiger partial charge on any atom is -0.491 e. The van der Waals surface area contributed by atoms with E-state index in [1.165, 1.54) is 11.8 Å². The van der Waals surface area contributed by atoms with Gasteiger partial charge in [-0.1, -0.05) is 32.9 Å². The van der Waals surface area contributed by atoms with Crippen molar-refractivity contribution in [3.8, 4) is 5.75 Å². The van der Waals surface area contributed by atoms with E-state index in [0.29, 0.717) is 44.4 Å². The third-order valence-corrected chi connectivity index (χ3v) is 6.54. The Morgan fingerprint density at radius 1 is 1.11 bits per heavy atom. The molecule has 1 atom stereocenters. The number of carbonyl (C=O) groups excluding carboxylic acids is 1. The van der Waals surface area contributed by atoms with Crippen molar-refractivity contribution in [2.45, 2.75) is 32.6 Å². The first-order valence-electron chi connectivity index (χ1n) is 12.9. The van der Waals surface area contributed by atoms with Gasteiger partial charge < -0.3 is 25.0 Å². The van der Waals surface area contributed by atoms with E-state index in [9.17, 15) is 9.18 Å². The van der Waals surface area contributed by atoms with Gasteiger partial charge in [-0.3, -0.25) is 4.79 Å². The lowest BCUT2D eigenvalue weighted by Gasteiger charge is -2.20. The standard InChI is InChI=1S/C29H36FN5O3/c1-29(2,3)22-7-5-21(6-8-22)27(36)31-17-20-13-14-35(19-20)26-25(30)18-32-28(34-26)33-23-9-11-24(12-10-23)38-16-15-37-4/h5-12,18,20H,13-17,19H2,1-4H3,(H,31,36)(H,32,33,34). The van der Waals surface area contributed by atoms with Gasteiger partial charge in [0.05, 0.1) is 12.8 Å². The Morgan fingerprint density at radius 2 is 1.84 bits per heavy atom. The first-order chi connectivity index (χ1) is 18.2. The number of methoxy groups -OCH3 is 1. The predicted octanol–water partition coefficient (Wildman–Crippen LogP) is 4.94. The van der Waals surface area contributed by atoms with Crippen LogP contribution in [0.15, 0.2) is 54.7 Å². The van der Waals surface area contributed by atoms with Gasteiger partial charge in [-0.2, -0.15) is 4.98 Å². The molecule has 0 saturated carbocycles. The predicted molar refractivity (Wildman–Crippen MR) is 147 cm³/mol. The minimum atomic E-state index is -0.471. The van der Waals surface area contributed by atoms with Crippen LogP contribution < -0.4 is 20.3 Å². The Morgan fingerprint density at radius 3 is 2.53 bits per heavy atom. The lowest BCUT2D eigenvalue weighted by Crippen LogP contribution is -2.31. The maximum atomic E-state index is 14.6. The highest BCUT2D eigenvalue weighted by Crippen LogP contribution is 2.27. The van der Waals surface area contributed by atoms with Gasteiger partial charge in [0.1, 0.15) is 12.4 Å². The van der Waals surface area contributed by atoms with E-state index in [1.807, 2.05) is 53.4 Å². The van der Waals surface area contributed by atoms with Crippen molar-refractivity contribution in [1.29, 1.82) is 0 Å². The molecule has 2 aromatic carbocycles. The highest BCUT2D eigenvalue weighted by atomic mass is 19.1. The van der Waals surface area contributed by atoms with Crippen LogP contribution in [-0.2, 0) is 10.2 Å². The van der Waals surface area contributed by atoms with Crippen LogP contribution in [0.25, 0.3) is 0 Å². The molecule has 38 heavy (non-hydrogen) atoms. The summed E-state index contributed by atoms with van der Waals surface area (Å²) < 4.78 is 25.2. The monoisotopic (exact) mass is 521 g/mol. The summed E-state index contributed by atoms with van der Waals surface area (Å²) in [6.45, 7) is 9.20. The molecule has 1 saturated heterocycles. The van der Waals surface area contributed by atoms with Crippen molar-refractivity contribution in [1.82, 2.24) is 15.3 Å². The Hall–Kier alpha value is -3.72. The van der Waals surface area contributed by atoms with E-state index in [0.717, 1.165) is 17.9 Å². The Bertz CT molecular complexity index is 1210. The van der Waals surface area contributed by atoms with Crippen molar-refractivity contribution in [3.63, 3.8) is 0 Å². The molecule has 1 aromatic heterocycles. The van der Waals surface area contributed by atoms with Gasteiger partial charge >= 0.3 is 0 Å². The van der Waals surface area contributed by atoms with Crippen LogP contribution >= 0.6 is 0 Å². The number of nitrogens with one attached hydrogen (secondary N) is 2. The fourth-order valence-electron chi connectivity index (χ4n) is 4.30. The zero-order valence-electron chi connectivity index (χ0n) is 22.5. The molecule has 0 aliphatic carbocycles. The first-order valence-corrected chi connectivity index (χ1v) is 12.9. The maximum absolute atomic E-state index is 14.6. The van der Waals surface area contributed by atoms with E-state index in [2.05, 4.69) is 41.4 Å². The number of amides is 1. The molecule has 1 fully saturated rings. The number of aromatic nitrogens is 2. The van der Waals surface area contributed by atoms with E-state index in [1.54, 1.807) is 7.11 Å². The van der Waals surface area contributed by atoms with E-state index < -0.39 is 5.82 Å². The number of halogens is 1. The molecule has 3 aromatic rings. The molecule has 1 aliphatic heterocycles. The number of hydrogen-bond donors (Lipinski definition) is 2. The first kappa shape index (κ1) is 27.3. The number of carbonyl (C=O) groups is 1. The van der Waals surface area contributed by atoms with Gasteiger partial charge in [-0.25, -0.2) is 9.37 Å². The summed E-state index contributed by atoms with van der Waals surface area (Å²) in [6.07, 6.45) is 2.02. The molecule has 1 amide bonds. The summed E-state index contributed by atoms with van der Waals surface area (Å²) in [4.78, 5) is 23.1. The molecule has 1 aliphatic rings. The van der Waals surface area contributed by atoms with Gasteiger partial charge in [-0.15, -0.1) is 0 Å². The molecule has 0 radical (unpaired) electrons. The molecule has 9 heteroatoms. The molecule has 2 heterocycles. The van der Waals surface area contributed by atoms with Gasteiger partial charge in [0.25, 0.3) is 5.91 Å². The van der Waals surface area contributed by atoms with Crippen LogP contribution in [0, 0.1) is 11.7 Å². The molecule has 202 valence electrons. The minimum absolute atomic E-state index is 0.0393. The quantitative estimate of drug-likeness (QED) is 0.366. The molecular formula is C29H36FN5O3. The lowest BCUT2D eigenvalue weighted by atomic mass is 9.87. The maximum Gasteiger partial charge on any atom is 0.251 e. The van der Waals surface area contributed by atoms with Crippen molar-refractivity contribution >= 4 is 23.4 Å². The summed E-state index contributed by atoms with van der Waals surface area (Å²) in [5, 5.41) is 6.15. The zero-order chi connectivity index (χ0) is 27.1. The van der Waals surface area contributed by atoms with E-state index in [4.69, 9.17) is 9.47 Å². The fourth-order valence-corrected chi connectivity index (χ4v) is 4.30. The smallest absolute Gasteiger partial charge is 0.251 e. The molecule has 0 spiro atoms. The molecular weight excluding hydrogens is 485 g/mol. The van der Waals surface area contributed by atoms with Crippen LogP contribution in [0.3, 0.4) is 0 Å². The second-order valence-corrected chi connectivity index (χ2v) is 10.5. The highest BCUT2D eigenvalue weighted by Gasteiger charge is 2.26. The third kappa shape index (κ3) is 7.19. The largest absolute Gasteiger partial charge is 0.491 e.